The highest BCUT2D eigenvalue weighted by molar-refractivity contribution is 14.0. The Balaban J connectivity index is 0.00000264. The molecule has 1 heterocycles. The van der Waals surface area contributed by atoms with E-state index in [1.54, 1.807) is 0 Å². The van der Waals surface area contributed by atoms with Crippen molar-refractivity contribution >= 4 is 41.7 Å². The van der Waals surface area contributed by atoms with E-state index in [9.17, 15) is 0 Å². The zero-order valence-electron chi connectivity index (χ0n) is 14.4. The first kappa shape index (κ1) is 21.3. The summed E-state index contributed by atoms with van der Waals surface area (Å²) in [7, 11) is 1.84. The number of nitrogens with one attached hydrogen (secondary N) is 2. The molecule has 23 heavy (non-hydrogen) atoms. The third-order valence-corrected chi connectivity index (χ3v) is 5.51. The Hall–Kier alpha value is 0.270. The van der Waals surface area contributed by atoms with Crippen LogP contribution in [-0.4, -0.2) is 63.5 Å². The maximum atomic E-state index is 5.71. The SMILES string of the molecule is CN=C(NCCCOCC1CCOC1)NC1CCC(SC)C1.I. The summed E-state index contributed by atoms with van der Waals surface area (Å²) in [6, 6.07) is 0.572. The maximum Gasteiger partial charge on any atom is 0.191 e. The molecule has 0 bridgehead atoms. The lowest BCUT2D eigenvalue weighted by atomic mass is 10.1. The number of halogens is 1. The van der Waals surface area contributed by atoms with Gasteiger partial charge in [-0.15, -0.1) is 24.0 Å². The van der Waals surface area contributed by atoms with Gasteiger partial charge in [-0.05, 0) is 38.4 Å². The average molecular weight is 457 g/mol. The van der Waals surface area contributed by atoms with Crippen LogP contribution in [-0.2, 0) is 9.47 Å². The number of aliphatic imine (C=N–C) groups is 1. The maximum absolute atomic E-state index is 5.71. The molecule has 2 aliphatic rings. The topological polar surface area (TPSA) is 54.9 Å². The number of rotatable bonds is 8. The Bertz CT molecular complexity index is 341. The number of ether oxygens (including phenoxy) is 2. The highest BCUT2D eigenvalue weighted by Gasteiger charge is 2.24. The Morgan fingerprint density at radius 1 is 1.35 bits per heavy atom. The Kier molecular flexibility index (Phi) is 11.7. The molecule has 1 saturated carbocycles. The van der Waals surface area contributed by atoms with E-state index in [1.165, 1.54) is 19.3 Å². The normalized spacial score (nSPS) is 27.7. The zero-order valence-corrected chi connectivity index (χ0v) is 17.5. The number of guanidine groups is 1. The molecule has 0 aromatic heterocycles. The van der Waals surface area contributed by atoms with Crippen molar-refractivity contribution < 1.29 is 9.47 Å². The summed E-state index contributed by atoms with van der Waals surface area (Å²) in [6.07, 6.45) is 8.17. The van der Waals surface area contributed by atoms with Crippen LogP contribution in [0.5, 0.6) is 0 Å². The van der Waals surface area contributed by atoms with E-state index in [4.69, 9.17) is 9.47 Å². The first-order valence-electron chi connectivity index (χ1n) is 8.47. The van der Waals surface area contributed by atoms with Gasteiger partial charge in [-0.2, -0.15) is 11.8 Å². The summed E-state index contributed by atoms with van der Waals surface area (Å²) in [5.74, 6) is 1.53. The second kappa shape index (κ2) is 12.6. The molecule has 0 aromatic carbocycles. The highest BCUT2D eigenvalue weighted by Crippen LogP contribution is 2.27. The highest BCUT2D eigenvalue weighted by atomic mass is 127. The smallest absolute Gasteiger partial charge is 0.191 e. The quantitative estimate of drug-likeness (QED) is 0.254. The first-order valence-corrected chi connectivity index (χ1v) is 9.76. The second-order valence-electron chi connectivity index (χ2n) is 6.17. The van der Waals surface area contributed by atoms with Gasteiger partial charge in [0.15, 0.2) is 5.96 Å². The van der Waals surface area contributed by atoms with Gasteiger partial charge < -0.3 is 20.1 Å². The minimum absolute atomic E-state index is 0. The Labute approximate surface area is 162 Å². The first-order chi connectivity index (χ1) is 10.8. The van der Waals surface area contributed by atoms with Crippen molar-refractivity contribution in [1.82, 2.24) is 10.6 Å². The predicted molar refractivity (Wildman–Crippen MR) is 109 cm³/mol. The monoisotopic (exact) mass is 457 g/mol. The number of thioether (sulfide) groups is 1. The van der Waals surface area contributed by atoms with Gasteiger partial charge in [0.1, 0.15) is 0 Å². The molecular weight excluding hydrogens is 425 g/mol. The van der Waals surface area contributed by atoms with Gasteiger partial charge in [0.05, 0.1) is 13.2 Å². The van der Waals surface area contributed by atoms with E-state index in [0.717, 1.165) is 57.0 Å². The molecule has 0 amide bonds. The molecule has 3 atom stereocenters. The molecule has 2 fully saturated rings. The zero-order chi connectivity index (χ0) is 15.6. The molecule has 136 valence electrons. The number of hydrogen-bond donors (Lipinski definition) is 2. The lowest BCUT2D eigenvalue weighted by Gasteiger charge is -2.17. The predicted octanol–water partition coefficient (Wildman–Crippen LogP) is 2.50. The van der Waals surface area contributed by atoms with Gasteiger partial charge >= 0.3 is 0 Å². The fourth-order valence-corrected chi connectivity index (χ4v) is 3.82. The lowest BCUT2D eigenvalue weighted by Crippen LogP contribution is -2.43. The lowest BCUT2D eigenvalue weighted by molar-refractivity contribution is 0.0888. The van der Waals surface area contributed by atoms with Crippen LogP contribution in [0.25, 0.3) is 0 Å². The molecule has 0 spiro atoms. The third-order valence-electron chi connectivity index (χ3n) is 4.42. The molecule has 5 nitrogen and oxygen atoms in total. The summed E-state index contributed by atoms with van der Waals surface area (Å²) in [5.41, 5.74) is 0. The largest absolute Gasteiger partial charge is 0.381 e. The molecular formula is C16H32IN3O2S. The van der Waals surface area contributed by atoms with E-state index in [1.807, 2.05) is 18.8 Å². The van der Waals surface area contributed by atoms with Crippen molar-refractivity contribution in [3.05, 3.63) is 0 Å². The summed E-state index contributed by atoms with van der Waals surface area (Å²) < 4.78 is 11.1. The fourth-order valence-electron chi connectivity index (χ4n) is 3.02. The minimum Gasteiger partial charge on any atom is -0.381 e. The summed E-state index contributed by atoms with van der Waals surface area (Å²) in [4.78, 5) is 4.31. The molecule has 1 saturated heterocycles. The molecule has 2 rings (SSSR count). The van der Waals surface area contributed by atoms with Gasteiger partial charge in [-0.1, -0.05) is 0 Å². The van der Waals surface area contributed by atoms with Gasteiger partial charge in [0.25, 0.3) is 0 Å². The van der Waals surface area contributed by atoms with Crippen LogP contribution in [0.3, 0.4) is 0 Å². The molecule has 3 unspecified atom stereocenters. The van der Waals surface area contributed by atoms with Crippen LogP contribution in [0.15, 0.2) is 4.99 Å². The van der Waals surface area contributed by atoms with E-state index in [0.29, 0.717) is 12.0 Å². The summed E-state index contributed by atoms with van der Waals surface area (Å²) >= 11 is 1.98. The van der Waals surface area contributed by atoms with Gasteiger partial charge in [-0.3, -0.25) is 4.99 Å². The van der Waals surface area contributed by atoms with Crippen LogP contribution in [0.1, 0.15) is 32.1 Å². The molecule has 0 radical (unpaired) electrons. The van der Waals surface area contributed by atoms with E-state index < -0.39 is 0 Å². The fraction of sp³-hybridized carbons (Fsp3) is 0.938. The van der Waals surface area contributed by atoms with E-state index in [-0.39, 0.29) is 24.0 Å². The number of nitrogens with zero attached hydrogens (tertiary/aromatic N) is 1. The molecule has 1 aliphatic carbocycles. The number of hydrogen-bond acceptors (Lipinski definition) is 4. The third kappa shape index (κ3) is 8.27. The van der Waals surface area contributed by atoms with E-state index >= 15 is 0 Å². The van der Waals surface area contributed by atoms with Crippen molar-refractivity contribution in [2.45, 2.75) is 43.4 Å². The van der Waals surface area contributed by atoms with Crippen LogP contribution < -0.4 is 10.6 Å². The standard InChI is InChI=1S/C16H31N3O2S.HI/c1-17-16(19-14-4-5-15(10-14)22-2)18-7-3-8-20-11-13-6-9-21-12-13;/h13-15H,3-12H2,1-2H3,(H2,17,18,19);1H. The van der Waals surface area contributed by atoms with Crippen LogP contribution in [0, 0.1) is 5.92 Å². The molecule has 0 aromatic rings. The van der Waals surface area contributed by atoms with Crippen molar-refractivity contribution in [1.29, 1.82) is 0 Å². The van der Waals surface area contributed by atoms with E-state index in [2.05, 4.69) is 21.9 Å². The molecule has 7 heteroatoms. The molecule has 2 N–H and O–H groups in total. The van der Waals surface area contributed by atoms with Crippen LogP contribution in [0.4, 0.5) is 0 Å². The van der Waals surface area contributed by atoms with Crippen LogP contribution in [0.2, 0.25) is 0 Å². The van der Waals surface area contributed by atoms with Crippen molar-refractivity contribution in [3.8, 4) is 0 Å². The second-order valence-corrected chi connectivity index (χ2v) is 7.31. The van der Waals surface area contributed by atoms with Crippen molar-refractivity contribution in [2.75, 3.05) is 46.3 Å². The minimum atomic E-state index is 0. The summed E-state index contributed by atoms with van der Waals surface area (Å²) in [6.45, 7) is 4.31. The van der Waals surface area contributed by atoms with Gasteiger partial charge in [-0.25, -0.2) is 0 Å². The summed E-state index contributed by atoms with van der Waals surface area (Å²) in [5, 5.41) is 7.73. The Morgan fingerprint density at radius 3 is 2.87 bits per heavy atom. The molecule has 1 aliphatic heterocycles. The Morgan fingerprint density at radius 2 is 2.22 bits per heavy atom. The van der Waals surface area contributed by atoms with Crippen LogP contribution >= 0.6 is 35.7 Å². The van der Waals surface area contributed by atoms with Gasteiger partial charge in [0.2, 0.25) is 0 Å². The average Bonchev–Trinajstić information content (AvgIpc) is 3.20. The van der Waals surface area contributed by atoms with Crippen molar-refractivity contribution in [2.24, 2.45) is 10.9 Å². The van der Waals surface area contributed by atoms with Crippen molar-refractivity contribution in [3.63, 3.8) is 0 Å². The van der Waals surface area contributed by atoms with Gasteiger partial charge in [0, 0.05) is 44.0 Å².